The van der Waals surface area contributed by atoms with Gasteiger partial charge in [-0.25, -0.2) is 4.68 Å². The lowest BCUT2D eigenvalue weighted by Crippen LogP contribution is -2.32. The molecule has 0 aliphatic heterocycles. The Bertz CT molecular complexity index is 602. The molecule has 1 aromatic carbocycles. The first-order chi connectivity index (χ1) is 10.7. The smallest absolute Gasteiger partial charge is 0.254 e. The van der Waals surface area contributed by atoms with Crippen LogP contribution in [-0.2, 0) is 4.74 Å². The van der Waals surface area contributed by atoms with E-state index in [2.05, 4.69) is 15.7 Å². The molecule has 2 rings (SSSR count). The van der Waals surface area contributed by atoms with E-state index in [1.54, 1.807) is 36.3 Å². The average Bonchev–Trinajstić information content (AvgIpc) is 3.01. The van der Waals surface area contributed by atoms with Gasteiger partial charge in [0, 0.05) is 38.0 Å². The summed E-state index contributed by atoms with van der Waals surface area (Å²) in [6.45, 7) is 2.66. The molecule has 0 radical (unpaired) electrons. The first kappa shape index (κ1) is 19.4. The lowest BCUT2D eigenvalue weighted by atomic mass is 10.3. The summed E-state index contributed by atoms with van der Waals surface area (Å²) in [6, 6.07) is 7.25. The maximum Gasteiger partial charge on any atom is 0.254 e. The van der Waals surface area contributed by atoms with Crippen molar-refractivity contribution in [3.63, 3.8) is 0 Å². The van der Waals surface area contributed by atoms with Crippen molar-refractivity contribution in [2.75, 3.05) is 33.4 Å². The number of amides is 1. The van der Waals surface area contributed by atoms with Crippen LogP contribution in [0, 0.1) is 0 Å². The van der Waals surface area contributed by atoms with Gasteiger partial charge in [-0.3, -0.25) is 4.79 Å². The second-order valence-corrected chi connectivity index (χ2v) is 5.09. The Hall–Kier alpha value is -1.60. The number of carbonyl (C=O) groups excluding carboxylic acids is 1. The number of nitrogens with zero attached hydrogens (tertiary/aromatic N) is 2. The summed E-state index contributed by atoms with van der Waals surface area (Å²) in [5.41, 5.74) is 1.37. The number of hydrogen-bond acceptors (Lipinski definition) is 4. The van der Waals surface area contributed by atoms with E-state index in [-0.39, 0.29) is 18.3 Å². The number of ether oxygens (including phenoxy) is 1. The molecule has 6 nitrogen and oxygen atoms in total. The maximum absolute atomic E-state index is 12.0. The summed E-state index contributed by atoms with van der Waals surface area (Å²) in [6.07, 6.45) is 3.24. The fraction of sp³-hybridized carbons (Fsp3) is 0.333. The van der Waals surface area contributed by atoms with Gasteiger partial charge in [-0.1, -0.05) is 11.6 Å². The molecular weight excluding hydrogens is 339 g/mol. The van der Waals surface area contributed by atoms with Gasteiger partial charge in [-0.05, 0) is 24.3 Å². The van der Waals surface area contributed by atoms with E-state index < -0.39 is 0 Å². The van der Waals surface area contributed by atoms with E-state index in [1.165, 1.54) is 0 Å². The van der Waals surface area contributed by atoms with Crippen LogP contribution in [0.15, 0.2) is 36.7 Å². The SMILES string of the molecule is COCCNCCNC(=O)c1cnn(-c2ccc(Cl)cc2)c1.Cl. The van der Waals surface area contributed by atoms with Crippen molar-refractivity contribution in [1.29, 1.82) is 0 Å². The minimum atomic E-state index is -0.145. The maximum atomic E-state index is 12.0. The number of nitrogens with one attached hydrogen (secondary N) is 2. The molecule has 8 heteroatoms. The van der Waals surface area contributed by atoms with Crippen molar-refractivity contribution in [3.05, 3.63) is 47.2 Å². The quantitative estimate of drug-likeness (QED) is 0.707. The highest BCUT2D eigenvalue weighted by molar-refractivity contribution is 6.30. The molecule has 0 aliphatic carbocycles. The van der Waals surface area contributed by atoms with Gasteiger partial charge in [0.15, 0.2) is 0 Å². The topological polar surface area (TPSA) is 68.2 Å². The zero-order valence-electron chi connectivity index (χ0n) is 12.8. The molecule has 0 fully saturated rings. The van der Waals surface area contributed by atoms with Gasteiger partial charge in [-0.15, -0.1) is 12.4 Å². The summed E-state index contributed by atoms with van der Waals surface area (Å²) in [4.78, 5) is 12.0. The van der Waals surface area contributed by atoms with Gasteiger partial charge in [0.05, 0.1) is 24.1 Å². The van der Waals surface area contributed by atoms with Crippen LogP contribution in [-0.4, -0.2) is 49.0 Å². The zero-order chi connectivity index (χ0) is 15.8. The molecule has 0 spiro atoms. The number of methoxy groups -OCH3 is 1. The van der Waals surface area contributed by atoms with Gasteiger partial charge in [-0.2, -0.15) is 5.10 Å². The van der Waals surface area contributed by atoms with Gasteiger partial charge in [0.25, 0.3) is 5.91 Å². The number of rotatable bonds is 8. The van der Waals surface area contributed by atoms with Crippen molar-refractivity contribution in [2.45, 2.75) is 0 Å². The number of halogens is 2. The molecule has 0 saturated carbocycles. The second-order valence-electron chi connectivity index (χ2n) is 4.65. The van der Waals surface area contributed by atoms with Crippen LogP contribution in [0.4, 0.5) is 0 Å². The first-order valence-corrected chi connectivity index (χ1v) is 7.37. The summed E-state index contributed by atoms with van der Waals surface area (Å²) in [5.74, 6) is -0.145. The van der Waals surface area contributed by atoms with Crippen molar-refractivity contribution < 1.29 is 9.53 Å². The van der Waals surface area contributed by atoms with Gasteiger partial charge >= 0.3 is 0 Å². The third kappa shape index (κ3) is 6.19. The number of hydrogen-bond donors (Lipinski definition) is 2. The minimum absolute atomic E-state index is 0. The first-order valence-electron chi connectivity index (χ1n) is 6.99. The molecule has 0 saturated heterocycles. The average molecular weight is 359 g/mol. The van der Waals surface area contributed by atoms with Crippen molar-refractivity contribution in [3.8, 4) is 5.69 Å². The molecule has 0 atom stereocenters. The fourth-order valence-corrected chi connectivity index (χ4v) is 1.97. The highest BCUT2D eigenvalue weighted by Gasteiger charge is 2.08. The van der Waals surface area contributed by atoms with Crippen LogP contribution in [0.25, 0.3) is 5.69 Å². The fourth-order valence-electron chi connectivity index (χ4n) is 1.84. The van der Waals surface area contributed by atoms with E-state index >= 15 is 0 Å². The third-order valence-corrected chi connectivity index (χ3v) is 3.26. The molecule has 1 amide bonds. The molecular formula is C15H20Cl2N4O2. The highest BCUT2D eigenvalue weighted by atomic mass is 35.5. The normalized spacial score (nSPS) is 10.2. The molecule has 1 aromatic heterocycles. The van der Waals surface area contributed by atoms with Gasteiger partial charge in [0.1, 0.15) is 0 Å². The van der Waals surface area contributed by atoms with Crippen molar-refractivity contribution in [1.82, 2.24) is 20.4 Å². The summed E-state index contributed by atoms with van der Waals surface area (Å²) < 4.78 is 6.56. The molecule has 23 heavy (non-hydrogen) atoms. The Morgan fingerprint density at radius 2 is 2.00 bits per heavy atom. The predicted octanol–water partition coefficient (Wildman–Crippen LogP) is 1.91. The lowest BCUT2D eigenvalue weighted by Gasteiger charge is -2.05. The Balaban J connectivity index is 0.00000264. The Labute approximate surface area is 146 Å². The van der Waals surface area contributed by atoms with E-state index in [4.69, 9.17) is 16.3 Å². The van der Waals surface area contributed by atoms with E-state index in [0.29, 0.717) is 30.3 Å². The molecule has 2 N–H and O–H groups in total. The number of carbonyl (C=O) groups is 1. The molecule has 126 valence electrons. The Kier molecular flexibility index (Phi) is 8.65. The van der Waals surface area contributed by atoms with Crippen LogP contribution in [0.5, 0.6) is 0 Å². The lowest BCUT2D eigenvalue weighted by molar-refractivity contribution is 0.0953. The molecule has 1 heterocycles. The van der Waals surface area contributed by atoms with E-state index in [9.17, 15) is 4.79 Å². The van der Waals surface area contributed by atoms with Crippen molar-refractivity contribution >= 4 is 29.9 Å². The number of benzene rings is 1. The predicted molar refractivity (Wildman–Crippen MR) is 92.9 cm³/mol. The Morgan fingerprint density at radius 3 is 2.70 bits per heavy atom. The second kappa shape index (κ2) is 10.2. The largest absolute Gasteiger partial charge is 0.383 e. The van der Waals surface area contributed by atoms with Crippen LogP contribution in [0.3, 0.4) is 0 Å². The number of aromatic nitrogens is 2. The molecule has 0 unspecified atom stereocenters. The Morgan fingerprint density at radius 1 is 1.26 bits per heavy atom. The third-order valence-electron chi connectivity index (χ3n) is 3.01. The minimum Gasteiger partial charge on any atom is -0.383 e. The van der Waals surface area contributed by atoms with Crippen LogP contribution in [0.2, 0.25) is 5.02 Å². The molecule has 0 aliphatic rings. The monoisotopic (exact) mass is 358 g/mol. The van der Waals surface area contributed by atoms with Crippen LogP contribution in [0.1, 0.15) is 10.4 Å². The van der Waals surface area contributed by atoms with Crippen molar-refractivity contribution in [2.24, 2.45) is 0 Å². The van der Waals surface area contributed by atoms with Gasteiger partial charge < -0.3 is 15.4 Å². The summed E-state index contributed by atoms with van der Waals surface area (Å²) in [5, 5.41) is 10.8. The summed E-state index contributed by atoms with van der Waals surface area (Å²) >= 11 is 5.85. The van der Waals surface area contributed by atoms with Crippen LogP contribution < -0.4 is 10.6 Å². The van der Waals surface area contributed by atoms with Crippen LogP contribution >= 0.6 is 24.0 Å². The molecule has 2 aromatic rings. The highest BCUT2D eigenvalue weighted by Crippen LogP contribution is 2.13. The van der Waals surface area contributed by atoms with E-state index in [1.807, 2.05) is 12.1 Å². The molecule has 0 bridgehead atoms. The van der Waals surface area contributed by atoms with E-state index in [0.717, 1.165) is 12.2 Å². The summed E-state index contributed by atoms with van der Waals surface area (Å²) in [7, 11) is 1.65. The zero-order valence-corrected chi connectivity index (χ0v) is 14.4. The van der Waals surface area contributed by atoms with Gasteiger partial charge in [0.2, 0.25) is 0 Å². The standard InChI is InChI=1S/C15H19ClN4O2.ClH/c1-22-9-8-17-6-7-18-15(21)12-10-19-20(11-12)14-4-2-13(16)3-5-14;/h2-5,10-11,17H,6-9H2,1H3,(H,18,21);1H.